The molecule has 1 nitrogen and oxygen atoms in total. The van der Waals surface area contributed by atoms with Crippen LogP contribution in [0.25, 0.3) is 0 Å². The molecule has 1 N–H and O–H groups in total. The molecule has 1 heterocycles. The Morgan fingerprint density at radius 1 is 1.29 bits per heavy atom. The highest BCUT2D eigenvalue weighted by Crippen LogP contribution is 2.38. The molecule has 1 aliphatic rings. The SMILES string of the molecule is CCCc1ccc(C2(O)CSC2)cc1. The monoisotopic (exact) mass is 208 g/mol. The zero-order valence-electron chi connectivity index (χ0n) is 8.49. The number of aliphatic hydroxyl groups is 1. The minimum absolute atomic E-state index is 0.532. The van der Waals surface area contributed by atoms with E-state index in [1.54, 1.807) is 11.8 Å². The lowest BCUT2D eigenvalue weighted by atomic mass is 9.95. The summed E-state index contributed by atoms with van der Waals surface area (Å²) in [5, 5.41) is 10.1. The minimum atomic E-state index is -0.532. The summed E-state index contributed by atoms with van der Waals surface area (Å²) in [5.74, 6) is 1.69. The fraction of sp³-hybridized carbons (Fsp3) is 0.500. The van der Waals surface area contributed by atoms with Crippen molar-refractivity contribution in [1.29, 1.82) is 0 Å². The maximum absolute atomic E-state index is 10.1. The normalized spacial score (nSPS) is 19.0. The van der Waals surface area contributed by atoms with Crippen molar-refractivity contribution in [2.24, 2.45) is 0 Å². The zero-order valence-corrected chi connectivity index (χ0v) is 9.31. The van der Waals surface area contributed by atoms with Gasteiger partial charge in [0.15, 0.2) is 0 Å². The van der Waals surface area contributed by atoms with Crippen LogP contribution in [0.2, 0.25) is 0 Å². The number of hydrogen-bond donors (Lipinski definition) is 1. The Morgan fingerprint density at radius 3 is 2.36 bits per heavy atom. The van der Waals surface area contributed by atoms with Gasteiger partial charge >= 0.3 is 0 Å². The summed E-state index contributed by atoms with van der Waals surface area (Å²) < 4.78 is 0. The van der Waals surface area contributed by atoms with E-state index in [0.717, 1.165) is 23.5 Å². The van der Waals surface area contributed by atoms with Gasteiger partial charge in [-0.1, -0.05) is 37.6 Å². The van der Waals surface area contributed by atoms with Gasteiger partial charge < -0.3 is 5.11 Å². The summed E-state index contributed by atoms with van der Waals surface area (Å²) in [6, 6.07) is 8.43. The summed E-state index contributed by atoms with van der Waals surface area (Å²) in [5.41, 5.74) is 1.91. The summed E-state index contributed by atoms with van der Waals surface area (Å²) in [6.45, 7) is 2.18. The van der Waals surface area contributed by atoms with Gasteiger partial charge in [-0.2, -0.15) is 11.8 Å². The molecule has 0 radical (unpaired) electrons. The van der Waals surface area contributed by atoms with Gasteiger partial charge in [0.1, 0.15) is 5.60 Å². The van der Waals surface area contributed by atoms with E-state index >= 15 is 0 Å². The zero-order chi connectivity index (χ0) is 10.0. The molecule has 76 valence electrons. The first kappa shape index (κ1) is 10.1. The summed E-state index contributed by atoms with van der Waals surface area (Å²) >= 11 is 1.80. The van der Waals surface area contributed by atoms with Crippen LogP contribution in [-0.4, -0.2) is 16.6 Å². The first-order valence-electron chi connectivity index (χ1n) is 5.14. The van der Waals surface area contributed by atoms with Crippen LogP contribution in [0.15, 0.2) is 24.3 Å². The molecule has 0 saturated carbocycles. The number of thioether (sulfide) groups is 1. The van der Waals surface area contributed by atoms with E-state index in [9.17, 15) is 5.11 Å². The molecular formula is C12H16OS. The predicted octanol–water partition coefficient (Wildman–Crippen LogP) is 2.57. The van der Waals surface area contributed by atoms with Crippen LogP contribution in [0.5, 0.6) is 0 Å². The quantitative estimate of drug-likeness (QED) is 0.824. The largest absolute Gasteiger partial charge is 0.383 e. The second kappa shape index (κ2) is 3.95. The van der Waals surface area contributed by atoms with Crippen LogP contribution in [0, 0.1) is 0 Å². The fourth-order valence-corrected chi connectivity index (χ4v) is 2.66. The maximum Gasteiger partial charge on any atom is 0.108 e. The van der Waals surface area contributed by atoms with E-state index in [4.69, 9.17) is 0 Å². The van der Waals surface area contributed by atoms with E-state index in [2.05, 4.69) is 31.2 Å². The van der Waals surface area contributed by atoms with E-state index in [-0.39, 0.29) is 0 Å². The molecule has 2 rings (SSSR count). The van der Waals surface area contributed by atoms with Gasteiger partial charge in [-0.3, -0.25) is 0 Å². The van der Waals surface area contributed by atoms with Crippen LogP contribution >= 0.6 is 11.8 Å². The molecule has 0 bridgehead atoms. The molecule has 0 aliphatic carbocycles. The first-order chi connectivity index (χ1) is 6.74. The minimum Gasteiger partial charge on any atom is -0.383 e. The molecule has 1 saturated heterocycles. The summed E-state index contributed by atoms with van der Waals surface area (Å²) in [6.07, 6.45) is 2.31. The summed E-state index contributed by atoms with van der Waals surface area (Å²) in [4.78, 5) is 0. The van der Waals surface area contributed by atoms with Crippen molar-refractivity contribution >= 4 is 11.8 Å². The lowest BCUT2D eigenvalue weighted by Crippen LogP contribution is -2.39. The topological polar surface area (TPSA) is 20.2 Å². The Balaban J connectivity index is 2.13. The van der Waals surface area contributed by atoms with Gasteiger partial charge in [0.05, 0.1) is 0 Å². The second-order valence-electron chi connectivity index (χ2n) is 3.97. The van der Waals surface area contributed by atoms with Crippen LogP contribution in [-0.2, 0) is 12.0 Å². The van der Waals surface area contributed by atoms with Crippen LogP contribution in [0.3, 0.4) is 0 Å². The number of rotatable bonds is 3. The Labute approximate surface area is 89.5 Å². The van der Waals surface area contributed by atoms with Crippen molar-refractivity contribution in [3.8, 4) is 0 Å². The molecular weight excluding hydrogens is 192 g/mol. The number of aryl methyl sites for hydroxylation is 1. The van der Waals surface area contributed by atoms with Gasteiger partial charge in [-0.15, -0.1) is 0 Å². The van der Waals surface area contributed by atoms with Gasteiger partial charge in [-0.05, 0) is 17.5 Å². The Kier molecular flexibility index (Phi) is 2.84. The smallest absolute Gasteiger partial charge is 0.108 e. The lowest BCUT2D eigenvalue weighted by molar-refractivity contribution is 0.0768. The van der Waals surface area contributed by atoms with E-state index < -0.39 is 5.60 Å². The van der Waals surface area contributed by atoms with Gasteiger partial charge in [0.2, 0.25) is 0 Å². The van der Waals surface area contributed by atoms with Crippen molar-refractivity contribution in [1.82, 2.24) is 0 Å². The van der Waals surface area contributed by atoms with Crippen molar-refractivity contribution in [2.45, 2.75) is 25.4 Å². The first-order valence-corrected chi connectivity index (χ1v) is 6.29. The number of hydrogen-bond acceptors (Lipinski definition) is 2. The van der Waals surface area contributed by atoms with Crippen LogP contribution < -0.4 is 0 Å². The third-order valence-corrected chi connectivity index (χ3v) is 4.08. The summed E-state index contributed by atoms with van der Waals surface area (Å²) in [7, 11) is 0. The Morgan fingerprint density at radius 2 is 1.93 bits per heavy atom. The third kappa shape index (κ3) is 1.82. The molecule has 1 aromatic carbocycles. The average molecular weight is 208 g/mol. The molecule has 1 fully saturated rings. The van der Waals surface area contributed by atoms with Crippen molar-refractivity contribution < 1.29 is 5.11 Å². The van der Waals surface area contributed by atoms with Crippen LogP contribution in [0.1, 0.15) is 24.5 Å². The third-order valence-electron chi connectivity index (χ3n) is 2.71. The molecule has 14 heavy (non-hydrogen) atoms. The van der Waals surface area contributed by atoms with Gasteiger partial charge in [0.25, 0.3) is 0 Å². The highest BCUT2D eigenvalue weighted by Gasteiger charge is 2.36. The van der Waals surface area contributed by atoms with Gasteiger partial charge in [0, 0.05) is 11.5 Å². The Bertz CT molecular complexity index is 301. The van der Waals surface area contributed by atoms with Crippen molar-refractivity contribution in [2.75, 3.05) is 11.5 Å². The molecule has 2 heteroatoms. The number of benzene rings is 1. The van der Waals surface area contributed by atoms with E-state index in [1.807, 2.05) is 0 Å². The molecule has 0 aromatic heterocycles. The molecule has 1 aromatic rings. The molecule has 0 atom stereocenters. The Hall–Kier alpha value is -0.470. The van der Waals surface area contributed by atoms with E-state index in [1.165, 1.54) is 12.0 Å². The highest BCUT2D eigenvalue weighted by atomic mass is 32.2. The predicted molar refractivity (Wildman–Crippen MR) is 61.7 cm³/mol. The lowest BCUT2D eigenvalue weighted by Gasteiger charge is -2.36. The standard InChI is InChI=1S/C12H16OS/c1-2-3-10-4-6-11(7-5-10)12(13)8-14-9-12/h4-7,13H,2-3,8-9H2,1H3. The van der Waals surface area contributed by atoms with E-state index in [0.29, 0.717) is 0 Å². The highest BCUT2D eigenvalue weighted by molar-refractivity contribution is 8.00. The molecule has 0 spiro atoms. The fourth-order valence-electron chi connectivity index (χ4n) is 1.73. The van der Waals surface area contributed by atoms with Crippen molar-refractivity contribution in [3.05, 3.63) is 35.4 Å². The molecule has 0 unspecified atom stereocenters. The molecule has 1 aliphatic heterocycles. The maximum atomic E-state index is 10.1. The second-order valence-corrected chi connectivity index (χ2v) is 4.96. The molecule has 0 amide bonds. The van der Waals surface area contributed by atoms with Crippen LogP contribution in [0.4, 0.5) is 0 Å². The average Bonchev–Trinajstić information content (AvgIpc) is 2.16. The van der Waals surface area contributed by atoms with Crippen molar-refractivity contribution in [3.63, 3.8) is 0 Å². The van der Waals surface area contributed by atoms with Gasteiger partial charge in [-0.25, -0.2) is 0 Å².